The van der Waals surface area contributed by atoms with E-state index in [2.05, 4.69) is 40.1 Å². The highest BCUT2D eigenvalue weighted by Gasteiger charge is 2.22. The van der Waals surface area contributed by atoms with Gasteiger partial charge in [0.25, 0.3) is 0 Å². The highest BCUT2D eigenvalue weighted by atomic mass is 16.5. The van der Waals surface area contributed by atoms with E-state index in [-0.39, 0.29) is 19.0 Å². The number of carbonyl (C=O) groups excluding carboxylic acids is 1. The van der Waals surface area contributed by atoms with Crippen LogP contribution in [0.5, 0.6) is 17.2 Å². The third-order valence-corrected chi connectivity index (χ3v) is 5.55. The van der Waals surface area contributed by atoms with E-state index in [4.69, 9.17) is 18.9 Å². The Labute approximate surface area is 190 Å². The largest absolute Gasteiger partial charge is 0.493 e. The molecule has 1 fully saturated rings. The predicted octanol–water partition coefficient (Wildman–Crippen LogP) is 3.35. The Morgan fingerprint density at radius 3 is 2.19 bits per heavy atom. The van der Waals surface area contributed by atoms with Gasteiger partial charge in [-0.1, -0.05) is 36.4 Å². The third kappa shape index (κ3) is 6.61. The van der Waals surface area contributed by atoms with Crippen LogP contribution in [0.15, 0.2) is 42.5 Å². The molecule has 0 atom stereocenters. The summed E-state index contributed by atoms with van der Waals surface area (Å²) in [6.45, 7) is 8.08. The number of esters is 1. The van der Waals surface area contributed by atoms with E-state index in [9.17, 15) is 4.79 Å². The van der Waals surface area contributed by atoms with Crippen molar-refractivity contribution >= 4 is 5.97 Å². The zero-order valence-corrected chi connectivity index (χ0v) is 19.3. The van der Waals surface area contributed by atoms with Crippen LogP contribution in [0.4, 0.5) is 0 Å². The normalized spacial score (nSPS) is 14.7. The van der Waals surface area contributed by atoms with Crippen molar-refractivity contribution in [1.29, 1.82) is 0 Å². The summed E-state index contributed by atoms with van der Waals surface area (Å²) in [5.74, 6) is 1.51. The van der Waals surface area contributed by atoms with Gasteiger partial charge in [-0.2, -0.15) is 0 Å². The molecule has 1 heterocycles. The van der Waals surface area contributed by atoms with Gasteiger partial charge >= 0.3 is 5.97 Å². The first kappa shape index (κ1) is 23.9. The van der Waals surface area contributed by atoms with E-state index in [0.717, 1.165) is 44.8 Å². The van der Waals surface area contributed by atoms with Crippen molar-refractivity contribution in [2.45, 2.75) is 26.4 Å². The Bertz CT molecular complexity index is 851. The lowest BCUT2D eigenvalue weighted by Gasteiger charge is -2.35. The molecule has 2 aromatic carbocycles. The molecule has 0 saturated carbocycles. The van der Waals surface area contributed by atoms with Gasteiger partial charge in [0.05, 0.1) is 33.9 Å². The highest BCUT2D eigenvalue weighted by Crippen LogP contribution is 2.40. The second kappa shape index (κ2) is 12.3. The minimum atomic E-state index is -0.273. The molecule has 0 aliphatic carbocycles. The van der Waals surface area contributed by atoms with Crippen LogP contribution in [0.1, 0.15) is 24.5 Å². The van der Waals surface area contributed by atoms with Gasteiger partial charge in [0.2, 0.25) is 5.75 Å². The van der Waals surface area contributed by atoms with Crippen molar-refractivity contribution in [1.82, 2.24) is 9.80 Å². The van der Waals surface area contributed by atoms with Crippen molar-refractivity contribution < 1.29 is 23.7 Å². The van der Waals surface area contributed by atoms with Crippen molar-refractivity contribution in [3.63, 3.8) is 0 Å². The summed E-state index contributed by atoms with van der Waals surface area (Å²) in [5, 5.41) is 0. The van der Waals surface area contributed by atoms with E-state index in [0.29, 0.717) is 23.9 Å². The van der Waals surface area contributed by atoms with E-state index in [1.807, 2.05) is 12.1 Å². The number of hydrogen-bond acceptors (Lipinski definition) is 7. The molecule has 32 heavy (non-hydrogen) atoms. The Hall–Kier alpha value is -2.77. The molecule has 0 aromatic heterocycles. The fraction of sp³-hybridized carbons (Fsp3) is 0.480. The van der Waals surface area contributed by atoms with E-state index in [1.165, 1.54) is 5.56 Å². The fourth-order valence-electron chi connectivity index (χ4n) is 3.88. The fourth-order valence-corrected chi connectivity index (χ4v) is 3.88. The molecule has 2 aromatic rings. The maximum atomic E-state index is 11.7. The topological polar surface area (TPSA) is 60.5 Å². The molecule has 0 spiro atoms. The Morgan fingerprint density at radius 2 is 1.56 bits per heavy atom. The maximum Gasteiger partial charge on any atom is 0.309 e. The van der Waals surface area contributed by atoms with Crippen LogP contribution < -0.4 is 14.2 Å². The number of piperazine rings is 1. The Balaban J connectivity index is 1.63. The van der Waals surface area contributed by atoms with Crippen LogP contribution >= 0.6 is 0 Å². The number of methoxy groups -OCH3 is 2. The summed E-state index contributed by atoms with van der Waals surface area (Å²) in [5.41, 5.74) is 2.36. The smallest absolute Gasteiger partial charge is 0.309 e. The van der Waals surface area contributed by atoms with Gasteiger partial charge in [-0.15, -0.1) is 0 Å². The van der Waals surface area contributed by atoms with Gasteiger partial charge in [-0.25, -0.2) is 0 Å². The zero-order chi connectivity index (χ0) is 22.8. The molecule has 0 amide bonds. The average molecular weight is 443 g/mol. The van der Waals surface area contributed by atoms with Crippen LogP contribution in [-0.2, 0) is 22.6 Å². The third-order valence-electron chi connectivity index (χ3n) is 5.55. The highest BCUT2D eigenvalue weighted by molar-refractivity contribution is 5.69. The Kier molecular flexibility index (Phi) is 9.19. The van der Waals surface area contributed by atoms with E-state index >= 15 is 0 Å². The van der Waals surface area contributed by atoms with Crippen molar-refractivity contribution in [2.24, 2.45) is 0 Å². The molecule has 1 aliphatic heterocycles. The first-order chi connectivity index (χ1) is 15.6. The summed E-state index contributed by atoms with van der Waals surface area (Å²) < 4.78 is 22.0. The lowest BCUT2D eigenvalue weighted by molar-refractivity contribution is -0.143. The summed E-state index contributed by atoms with van der Waals surface area (Å²) in [6.07, 6.45) is 0.186. The molecule has 1 saturated heterocycles. The molecule has 174 valence electrons. The number of ether oxygens (including phenoxy) is 4. The van der Waals surface area contributed by atoms with Crippen molar-refractivity contribution in [2.75, 3.05) is 53.6 Å². The molecule has 1 aliphatic rings. The van der Waals surface area contributed by atoms with Crippen LogP contribution in [0.3, 0.4) is 0 Å². The van der Waals surface area contributed by atoms with Crippen LogP contribution in [-0.4, -0.2) is 69.4 Å². The number of nitrogens with zero attached hydrogens (tertiary/aromatic N) is 2. The molecule has 0 unspecified atom stereocenters. The molecule has 3 rings (SSSR count). The maximum absolute atomic E-state index is 11.7. The first-order valence-electron chi connectivity index (χ1n) is 11.2. The average Bonchev–Trinajstić information content (AvgIpc) is 2.81. The van der Waals surface area contributed by atoms with Gasteiger partial charge in [0.15, 0.2) is 11.5 Å². The van der Waals surface area contributed by atoms with Crippen molar-refractivity contribution in [3.8, 4) is 17.2 Å². The number of rotatable bonds is 11. The number of carbonyl (C=O) groups is 1. The van der Waals surface area contributed by atoms with E-state index < -0.39 is 0 Å². The summed E-state index contributed by atoms with van der Waals surface area (Å²) in [7, 11) is 3.20. The predicted molar refractivity (Wildman–Crippen MR) is 123 cm³/mol. The Morgan fingerprint density at radius 1 is 0.875 bits per heavy atom. The zero-order valence-electron chi connectivity index (χ0n) is 19.3. The molecule has 7 nitrogen and oxygen atoms in total. The molecule has 7 heteroatoms. The van der Waals surface area contributed by atoms with Gasteiger partial charge < -0.3 is 18.9 Å². The van der Waals surface area contributed by atoms with Crippen molar-refractivity contribution in [3.05, 3.63) is 53.6 Å². The van der Waals surface area contributed by atoms with Gasteiger partial charge in [0, 0.05) is 44.8 Å². The van der Waals surface area contributed by atoms with E-state index in [1.54, 1.807) is 21.1 Å². The monoisotopic (exact) mass is 442 g/mol. The number of benzene rings is 2. The minimum absolute atomic E-state index is 0.186. The van der Waals surface area contributed by atoms with Crippen LogP contribution in [0.2, 0.25) is 0 Å². The van der Waals surface area contributed by atoms with Crippen LogP contribution in [0, 0.1) is 0 Å². The standard InChI is InChI=1S/C25H34N2O5/c1-4-31-23(28)12-17-32-24-21(10-11-22(29-2)25(24)30-3)19-27-15-13-26(14-16-27)18-20-8-6-5-7-9-20/h5-11H,4,12-19H2,1-3H3. The van der Waals surface area contributed by atoms with Gasteiger partial charge in [-0.05, 0) is 18.6 Å². The van der Waals surface area contributed by atoms with Gasteiger partial charge in [-0.3, -0.25) is 14.6 Å². The molecule has 0 bridgehead atoms. The lowest BCUT2D eigenvalue weighted by Crippen LogP contribution is -2.45. The minimum Gasteiger partial charge on any atom is -0.493 e. The summed E-state index contributed by atoms with van der Waals surface area (Å²) >= 11 is 0. The van der Waals surface area contributed by atoms with Gasteiger partial charge in [0.1, 0.15) is 0 Å². The summed E-state index contributed by atoms with van der Waals surface area (Å²) in [6, 6.07) is 14.5. The SMILES string of the molecule is CCOC(=O)CCOc1c(CN2CCN(Cc3ccccc3)CC2)ccc(OC)c1OC. The molecule has 0 radical (unpaired) electrons. The number of hydrogen-bond donors (Lipinski definition) is 0. The molecular formula is C25H34N2O5. The molecule has 0 N–H and O–H groups in total. The van der Waals surface area contributed by atoms with Crippen LogP contribution in [0.25, 0.3) is 0 Å². The first-order valence-corrected chi connectivity index (χ1v) is 11.2. The lowest BCUT2D eigenvalue weighted by atomic mass is 10.1. The molecular weight excluding hydrogens is 408 g/mol. The second-order valence-corrected chi connectivity index (χ2v) is 7.73. The summed E-state index contributed by atoms with van der Waals surface area (Å²) in [4.78, 5) is 16.6. The second-order valence-electron chi connectivity index (χ2n) is 7.73. The quantitative estimate of drug-likeness (QED) is 0.495.